The molecule has 0 aliphatic carbocycles. The van der Waals surface area contributed by atoms with Gasteiger partial charge in [0.25, 0.3) is 0 Å². The highest BCUT2D eigenvalue weighted by Crippen LogP contribution is 2.32. The Morgan fingerprint density at radius 3 is 2.10 bits per heavy atom. The predicted octanol–water partition coefficient (Wildman–Crippen LogP) is 3.45. The molecule has 0 aromatic heterocycles. The summed E-state index contributed by atoms with van der Waals surface area (Å²) in [4.78, 5) is 2.56. The van der Waals surface area contributed by atoms with Crippen LogP contribution in [-0.4, -0.2) is 31.1 Å². The van der Waals surface area contributed by atoms with Crippen molar-refractivity contribution in [3.63, 3.8) is 0 Å². The van der Waals surface area contributed by atoms with Crippen LogP contribution in [0.15, 0.2) is 24.3 Å². The van der Waals surface area contributed by atoms with E-state index < -0.39 is 0 Å². The SMILES string of the molecule is COc1ccc(C(C(C)N)N2CCC(C(C)C)CC2)cc1. The first-order valence-electron chi connectivity index (χ1n) is 8.16. The van der Waals surface area contributed by atoms with Crippen molar-refractivity contribution in [2.45, 2.75) is 45.7 Å². The Morgan fingerprint density at radius 2 is 1.67 bits per heavy atom. The quantitative estimate of drug-likeness (QED) is 0.902. The lowest BCUT2D eigenvalue weighted by Gasteiger charge is -2.40. The number of hydrogen-bond acceptors (Lipinski definition) is 3. The van der Waals surface area contributed by atoms with Crippen LogP contribution in [0.25, 0.3) is 0 Å². The third kappa shape index (κ3) is 3.98. The molecule has 1 aromatic rings. The number of piperidine rings is 1. The van der Waals surface area contributed by atoms with E-state index in [9.17, 15) is 0 Å². The average Bonchev–Trinajstić information content (AvgIpc) is 2.48. The number of ether oxygens (including phenoxy) is 1. The van der Waals surface area contributed by atoms with E-state index >= 15 is 0 Å². The second-order valence-corrected chi connectivity index (χ2v) is 6.69. The summed E-state index contributed by atoms with van der Waals surface area (Å²) in [7, 11) is 1.70. The molecule has 0 bridgehead atoms. The highest BCUT2D eigenvalue weighted by atomic mass is 16.5. The Balaban J connectivity index is 2.09. The molecule has 0 saturated carbocycles. The molecular weight excluding hydrogens is 260 g/mol. The summed E-state index contributed by atoms with van der Waals surface area (Å²) in [5.74, 6) is 2.56. The van der Waals surface area contributed by atoms with Crippen LogP contribution in [-0.2, 0) is 0 Å². The van der Waals surface area contributed by atoms with Gasteiger partial charge in [-0.2, -0.15) is 0 Å². The van der Waals surface area contributed by atoms with Crippen LogP contribution in [0, 0.1) is 11.8 Å². The predicted molar refractivity (Wildman–Crippen MR) is 88.5 cm³/mol. The minimum absolute atomic E-state index is 0.133. The summed E-state index contributed by atoms with van der Waals surface area (Å²) in [6.07, 6.45) is 2.58. The number of methoxy groups -OCH3 is 1. The number of benzene rings is 1. The molecule has 118 valence electrons. The number of nitrogens with zero attached hydrogens (tertiary/aromatic N) is 1. The van der Waals surface area contributed by atoms with Gasteiger partial charge >= 0.3 is 0 Å². The van der Waals surface area contributed by atoms with Crippen LogP contribution in [0.4, 0.5) is 0 Å². The van der Waals surface area contributed by atoms with E-state index in [1.807, 2.05) is 12.1 Å². The fourth-order valence-electron chi connectivity index (χ4n) is 3.51. The summed E-state index contributed by atoms with van der Waals surface area (Å²) >= 11 is 0. The van der Waals surface area contributed by atoms with Crippen molar-refractivity contribution in [1.82, 2.24) is 4.90 Å². The van der Waals surface area contributed by atoms with Crippen LogP contribution in [0.2, 0.25) is 0 Å². The zero-order chi connectivity index (χ0) is 15.4. The van der Waals surface area contributed by atoms with Gasteiger partial charge in [-0.1, -0.05) is 26.0 Å². The van der Waals surface area contributed by atoms with Crippen molar-refractivity contribution < 1.29 is 4.74 Å². The second kappa shape index (κ2) is 7.28. The molecular formula is C18H30N2O. The number of likely N-dealkylation sites (tertiary alicyclic amines) is 1. The molecule has 2 N–H and O–H groups in total. The van der Waals surface area contributed by atoms with Gasteiger partial charge in [-0.15, -0.1) is 0 Å². The summed E-state index contributed by atoms with van der Waals surface area (Å²) in [5, 5.41) is 0. The van der Waals surface area contributed by atoms with Crippen LogP contribution in [0.3, 0.4) is 0 Å². The van der Waals surface area contributed by atoms with Gasteiger partial charge in [0.15, 0.2) is 0 Å². The van der Waals surface area contributed by atoms with Gasteiger partial charge in [0.1, 0.15) is 5.75 Å². The van der Waals surface area contributed by atoms with Gasteiger partial charge in [-0.25, -0.2) is 0 Å². The molecule has 2 atom stereocenters. The zero-order valence-electron chi connectivity index (χ0n) is 13.9. The molecule has 1 aliphatic rings. The summed E-state index contributed by atoms with van der Waals surface area (Å²) in [6, 6.07) is 8.82. The Labute approximate surface area is 129 Å². The monoisotopic (exact) mass is 290 g/mol. The Morgan fingerprint density at radius 1 is 1.10 bits per heavy atom. The van der Waals surface area contributed by atoms with Gasteiger partial charge < -0.3 is 10.5 Å². The molecule has 3 heteroatoms. The van der Waals surface area contributed by atoms with E-state index in [0.29, 0.717) is 6.04 Å². The first kappa shape index (κ1) is 16.3. The maximum atomic E-state index is 6.29. The summed E-state index contributed by atoms with van der Waals surface area (Å²) in [5.41, 5.74) is 7.59. The van der Waals surface area contributed by atoms with Crippen molar-refractivity contribution in [1.29, 1.82) is 0 Å². The van der Waals surface area contributed by atoms with Crippen molar-refractivity contribution in [3.05, 3.63) is 29.8 Å². The lowest BCUT2D eigenvalue weighted by Crippen LogP contribution is -2.44. The van der Waals surface area contributed by atoms with Crippen LogP contribution < -0.4 is 10.5 Å². The first-order chi connectivity index (χ1) is 10.0. The molecule has 1 heterocycles. The topological polar surface area (TPSA) is 38.5 Å². The van der Waals surface area contributed by atoms with Crippen LogP contribution in [0.5, 0.6) is 5.75 Å². The second-order valence-electron chi connectivity index (χ2n) is 6.69. The van der Waals surface area contributed by atoms with E-state index in [1.165, 1.54) is 18.4 Å². The molecule has 1 saturated heterocycles. The molecule has 2 unspecified atom stereocenters. The zero-order valence-corrected chi connectivity index (χ0v) is 13.9. The Bertz CT molecular complexity index is 419. The molecule has 1 aliphatic heterocycles. The number of rotatable bonds is 5. The van der Waals surface area contributed by atoms with Crippen LogP contribution >= 0.6 is 0 Å². The average molecular weight is 290 g/mol. The van der Waals surface area contributed by atoms with E-state index in [-0.39, 0.29) is 6.04 Å². The van der Waals surface area contributed by atoms with Crippen LogP contribution in [0.1, 0.15) is 45.2 Å². The minimum Gasteiger partial charge on any atom is -0.497 e. The van der Waals surface area contributed by atoms with Gasteiger partial charge in [-0.05, 0) is 62.4 Å². The van der Waals surface area contributed by atoms with Gasteiger partial charge in [0.05, 0.1) is 7.11 Å². The molecule has 0 radical (unpaired) electrons. The molecule has 2 rings (SSSR count). The smallest absolute Gasteiger partial charge is 0.118 e. The first-order valence-corrected chi connectivity index (χ1v) is 8.16. The fraction of sp³-hybridized carbons (Fsp3) is 0.667. The van der Waals surface area contributed by atoms with E-state index in [0.717, 1.165) is 30.7 Å². The van der Waals surface area contributed by atoms with Gasteiger partial charge in [-0.3, -0.25) is 4.90 Å². The molecule has 1 aromatic carbocycles. The van der Waals surface area contributed by atoms with Crippen molar-refractivity contribution in [2.75, 3.05) is 20.2 Å². The van der Waals surface area contributed by atoms with Crippen molar-refractivity contribution in [2.24, 2.45) is 17.6 Å². The van der Waals surface area contributed by atoms with Gasteiger partial charge in [0, 0.05) is 12.1 Å². The highest BCUT2D eigenvalue weighted by Gasteiger charge is 2.29. The Hall–Kier alpha value is -1.06. The molecule has 0 amide bonds. The maximum Gasteiger partial charge on any atom is 0.118 e. The van der Waals surface area contributed by atoms with E-state index in [1.54, 1.807) is 7.11 Å². The van der Waals surface area contributed by atoms with Crippen molar-refractivity contribution >= 4 is 0 Å². The normalized spacial score (nSPS) is 20.5. The third-order valence-electron chi connectivity index (χ3n) is 4.87. The standard InChI is InChI=1S/C18H30N2O/c1-13(2)15-9-11-20(12-10-15)18(14(3)19)16-5-7-17(21-4)8-6-16/h5-8,13-15,18H,9-12,19H2,1-4H3. The summed E-state index contributed by atoms with van der Waals surface area (Å²) in [6.45, 7) is 9.10. The lowest BCUT2D eigenvalue weighted by atomic mass is 9.85. The largest absolute Gasteiger partial charge is 0.497 e. The number of nitrogens with two attached hydrogens (primary N) is 1. The van der Waals surface area contributed by atoms with Crippen molar-refractivity contribution in [3.8, 4) is 5.75 Å². The molecule has 0 spiro atoms. The summed E-state index contributed by atoms with van der Waals surface area (Å²) < 4.78 is 5.25. The molecule has 3 nitrogen and oxygen atoms in total. The number of hydrogen-bond donors (Lipinski definition) is 1. The highest BCUT2D eigenvalue weighted by molar-refractivity contribution is 5.30. The molecule has 21 heavy (non-hydrogen) atoms. The Kier molecular flexibility index (Phi) is 5.65. The lowest BCUT2D eigenvalue weighted by molar-refractivity contribution is 0.103. The third-order valence-corrected chi connectivity index (χ3v) is 4.87. The fourth-order valence-corrected chi connectivity index (χ4v) is 3.51. The van der Waals surface area contributed by atoms with E-state index in [2.05, 4.69) is 37.8 Å². The minimum atomic E-state index is 0.133. The van der Waals surface area contributed by atoms with Gasteiger partial charge in [0.2, 0.25) is 0 Å². The maximum absolute atomic E-state index is 6.29. The molecule has 1 fully saturated rings. The van der Waals surface area contributed by atoms with E-state index in [4.69, 9.17) is 10.5 Å².